The van der Waals surface area contributed by atoms with Crippen LogP contribution in [0.1, 0.15) is 0 Å². The number of benzene rings is 1. The van der Waals surface area contributed by atoms with E-state index < -0.39 is 5.97 Å². The zero-order valence-electron chi connectivity index (χ0n) is 7.82. The SMILES string of the molecule is O=C(COc1ccc(Cl)cc1)ON=C(Br)Br. The molecule has 0 saturated heterocycles. The summed E-state index contributed by atoms with van der Waals surface area (Å²) in [6.45, 7) is -0.224. The molecule has 1 aromatic carbocycles. The summed E-state index contributed by atoms with van der Waals surface area (Å²) >= 11 is 11.6. The van der Waals surface area contributed by atoms with Crippen molar-refractivity contribution in [1.29, 1.82) is 0 Å². The molecule has 0 spiro atoms. The van der Waals surface area contributed by atoms with Crippen LogP contribution < -0.4 is 4.74 Å². The molecule has 0 aliphatic rings. The van der Waals surface area contributed by atoms with Crippen LogP contribution in [0.2, 0.25) is 5.02 Å². The topological polar surface area (TPSA) is 47.9 Å². The van der Waals surface area contributed by atoms with Gasteiger partial charge in [0.25, 0.3) is 0 Å². The Bertz CT molecular complexity index is 390. The van der Waals surface area contributed by atoms with Gasteiger partial charge in [0.1, 0.15) is 5.75 Å². The van der Waals surface area contributed by atoms with E-state index in [0.29, 0.717) is 14.3 Å². The molecule has 1 aromatic rings. The minimum absolute atomic E-state index is 0.224. The molecule has 16 heavy (non-hydrogen) atoms. The number of hydrogen-bond acceptors (Lipinski definition) is 4. The highest BCUT2D eigenvalue weighted by Gasteiger charge is 2.04. The lowest BCUT2D eigenvalue weighted by Crippen LogP contribution is -2.12. The highest BCUT2D eigenvalue weighted by molar-refractivity contribution is 9.39. The largest absolute Gasteiger partial charge is 0.482 e. The number of carbonyl (C=O) groups is 1. The van der Waals surface area contributed by atoms with Crippen LogP contribution in [0.15, 0.2) is 29.4 Å². The second-order valence-corrected chi connectivity index (χ2v) is 5.54. The van der Waals surface area contributed by atoms with Crippen LogP contribution in [-0.2, 0) is 9.63 Å². The van der Waals surface area contributed by atoms with Gasteiger partial charge in [-0.1, -0.05) is 16.8 Å². The minimum Gasteiger partial charge on any atom is -0.482 e. The van der Waals surface area contributed by atoms with Gasteiger partial charge >= 0.3 is 5.97 Å². The van der Waals surface area contributed by atoms with E-state index >= 15 is 0 Å². The molecule has 0 aliphatic heterocycles. The Hall–Kier alpha value is -0.590. The van der Waals surface area contributed by atoms with Crippen LogP contribution in [0.3, 0.4) is 0 Å². The maximum atomic E-state index is 11.1. The third-order valence-corrected chi connectivity index (χ3v) is 1.93. The van der Waals surface area contributed by atoms with Crippen molar-refractivity contribution in [2.24, 2.45) is 5.16 Å². The van der Waals surface area contributed by atoms with Gasteiger partial charge in [0.15, 0.2) is 10.1 Å². The third-order valence-electron chi connectivity index (χ3n) is 1.39. The first-order valence-corrected chi connectivity index (χ1v) is 6.01. The Morgan fingerprint density at radius 2 is 1.94 bits per heavy atom. The Kier molecular flexibility index (Phi) is 5.79. The molecule has 0 radical (unpaired) electrons. The summed E-state index contributed by atoms with van der Waals surface area (Å²) in [4.78, 5) is 15.5. The lowest BCUT2D eigenvalue weighted by atomic mass is 10.3. The van der Waals surface area contributed by atoms with Gasteiger partial charge in [0.2, 0.25) is 0 Å². The van der Waals surface area contributed by atoms with Crippen molar-refractivity contribution in [3.63, 3.8) is 0 Å². The van der Waals surface area contributed by atoms with Crippen molar-refractivity contribution in [2.45, 2.75) is 0 Å². The van der Waals surface area contributed by atoms with Crippen LogP contribution in [-0.4, -0.2) is 16.1 Å². The van der Waals surface area contributed by atoms with Crippen LogP contribution in [0, 0.1) is 0 Å². The zero-order chi connectivity index (χ0) is 12.0. The highest BCUT2D eigenvalue weighted by Crippen LogP contribution is 2.15. The summed E-state index contributed by atoms with van der Waals surface area (Å²) in [7, 11) is 0. The molecular formula is C9H6Br2ClNO3. The van der Waals surface area contributed by atoms with E-state index in [-0.39, 0.29) is 6.61 Å². The van der Waals surface area contributed by atoms with Crippen LogP contribution in [0.25, 0.3) is 0 Å². The van der Waals surface area contributed by atoms with Crippen molar-refractivity contribution in [2.75, 3.05) is 6.61 Å². The van der Waals surface area contributed by atoms with E-state index in [2.05, 4.69) is 41.9 Å². The maximum absolute atomic E-state index is 11.1. The highest BCUT2D eigenvalue weighted by atomic mass is 79.9. The molecule has 0 fully saturated rings. The molecule has 1 rings (SSSR count). The molecule has 0 N–H and O–H groups in total. The summed E-state index contributed by atoms with van der Waals surface area (Å²) in [5.74, 6) is -0.0745. The zero-order valence-corrected chi connectivity index (χ0v) is 11.8. The maximum Gasteiger partial charge on any atom is 0.372 e. The Labute approximate surface area is 114 Å². The number of oxime groups is 1. The van der Waals surface area contributed by atoms with Gasteiger partial charge < -0.3 is 9.57 Å². The quantitative estimate of drug-likeness (QED) is 0.463. The summed E-state index contributed by atoms with van der Waals surface area (Å²) in [5.41, 5.74) is 0. The molecular weight excluding hydrogens is 365 g/mol. The molecule has 86 valence electrons. The number of nitrogens with zero attached hydrogens (tertiary/aromatic N) is 1. The summed E-state index contributed by atoms with van der Waals surface area (Å²) < 4.78 is 5.41. The monoisotopic (exact) mass is 369 g/mol. The summed E-state index contributed by atoms with van der Waals surface area (Å²) in [5, 5.41) is 3.95. The molecule has 0 amide bonds. The van der Waals surface area contributed by atoms with E-state index in [1.165, 1.54) is 0 Å². The average molecular weight is 371 g/mol. The normalized spacial score (nSPS) is 9.44. The van der Waals surface area contributed by atoms with Gasteiger partial charge in [0, 0.05) is 5.02 Å². The predicted molar refractivity (Wildman–Crippen MR) is 68.3 cm³/mol. The lowest BCUT2D eigenvalue weighted by molar-refractivity contribution is -0.145. The standard InChI is InChI=1S/C9H6Br2ClNO3/c10-9(11)13-16-8(14)5-15-7-3-1-6(12)2-4-7/h1-4H,5H2. The van der Waals surface area contributed by atoms with Gasteiger partial charge in [-0.2, -0.15) is 0 Å². The first kappa shape index (κ1) is 13.5. The molecule has 0 aliphatic carbocycles. The molecule has 0 saturated carbocycles. The van der Waals surface area contributed by atoms with Gasteiger partial charge in [0.05, 0.1) is 0 Å². The first-order valence-electron chi connectivity index (χ1n) is 4.05. The van der Waals surface area contributed by atoms with Crippen LogP contribution in [0.4, 0.5) is 0 Å². The van der Waals surface area contributed by atoms with Gasteiger partial charge in [-0.3, -0.25) is 0 Å². The third kappa shape index (κ3) is 5.48. The molecule has 0 bridgehead atoms. The Balaban J connectivity index is 2.37. The molecule has 0 unspecified atom stereocenters. The molecule has 0 atom stereocenters. The molecule has 7 heteroatoms. The Morgan fingerprint density at radius 3 is 2.50 bits per heavy atom. The van der Waals surface area contributed by atoms with Crippen molar-refractivity contribution in [3.8, 4) is 5.75 Å². The molecule has 4 nitrogen and oxygen atoms in total. The second kappa shape index (κ2) is 6.88. The van der Waals surface area contributed by atoms with Crippen LogP contribution >= 0.6 is 43.5 Å². The molecule has 0 heterocycles. The summed E-state index contributed by atoms with van der Waals surface area (Å²) in [6, 6.07) is 6.63. The number of carbonyl (C=O) groups excluding carboxylic acids is 1. The van der Waals surface area contributed by atoms with E-state index in [4.69, 9.17) is 16.3 Å². The predicted octanol–water partition coefficient (Wildman–Crippen LogP) is 3.32. The smallest absolute Gasteiger partial charge is 0.372 e. The summed E-state index contributed by atoms with van der Waals surface area (Å²) in [6.07, 6.45) is 0. The Morgan fingerprint density at radius 1 is 1.31 bits per heavy atom. The van der Waals surface area contributed by atoms with E-state index in [9.17, 15) is 4.79 Å². The van der Waals surface area contributed by atoms with Gasteiger partial charge in [-0.25, -0.2) is 4.79 Å². The fraction of sp³-hybridized carbons (Fsp3) is 0.111. The number of rotatable bonds is 4. The fourth-order valence-electron chi connectivity index (χ4n) is 0.785. The van der Waals surface area contributed by atoms with Crippen molar-refractivity contribution < 1.29 is 14.4 Å². The fourth-order valence-corrected chi connectivity index (χ4v) is 1.06. The van der Waals surface area contributed by atoms with Gasteiger partial charge in [-0.05, 0) is 56.1 Å². The van der Waals surface area contributed by atoms with E-state index in [1.807, 2.05) is 0 Å². The van der Waals surface area contributed by atoms with Crippen molar-refractivity contribution in [3.05, 3.63) is 29.3 Å². The number of hydrogen-bond donors (Lipinski definition) is 0. The first-order chi connectivity index (χ1) is 7.58. The van der Waals surface area contributed by atoms with Crippen molar-refractivity contribution in [1.82, 2.24) is 0 Å². The molecule has 0 aromatic heterocycles. The van der Waals surface area contributed by atoms with E-state index in [1.54, 1.807) is 24.3 Å². The number of halogens is 3. The lowest BCUT2D eigenvalue weighted by Gasteiger charge is -2.03. The van der Waals surface area contributed by atoms with E-state index in [0.717, 1.165) is 0 Å². The van der Waals surface area contributed by atoms with Crippen LogP contribution in [0.5, 0.6) is 5.75 Å². The van der Waals surface area contributed by atoms with Gasteiger partial charge in [-0.15, -0.1) is 0 Å². The second-order valence-electron chi connectivity index (χ2n) is 2.54. The minimum atomic E-state index is -0.605. The number of ether oxygens (including phenoxy) is 1. The average Bonchev–Trinajstić information content (AvgIpc) is 2.25. The van der Waals surface area contributed by atoms with Crippen molar-refractivity contribution >= 4 is 53.0 Å².